The van der Waals surface area contributed by atoms with Gasteiger partial charge in [-0.2, -0.15) is 4.31 Å². The molecule has 1 heterocycles. The summed E-state index contributed by atoms with van der Waals surface area (Å²) in [5.41, 5.74) is 2.73. The van der Waals surface area contributed by atoms with Crippen LogP contribution in [0.1, 0.15) is 31.4 Å². The summed E-state index contributed by atoms with van der Waals surface area (Å²) in [6.45, 7) is 4.70. The van der Waals surface area contributed by atoms with E-state index in [0.29, 0.717) is 30.1 Å². The third-order valence-electron chi connectivity index (χ3n) is 4.51. The number of sulfonamides is 1. The fourth-order valence-electron chi connectivity index (χ4n) is 3.15. The minimum absolute atomic E-state index is 0.0357. The Morgan fingerprint density at radius 1 is 1.15 bits per heavy atom. The van der Waals surface area contributed by atoms with Crippen LogP contribution in [0.3, 0.4) is 0 Å². The van der Waals surface area contributed by atoms with Crippen LogP contribution < -0.4 is 5.32 Å². The number of anilines is 1. The van der Waals surface area contributed by atoms with Gasteiger partial charge in [-0.05, 0) is 59.9 Å². The summed E-state index contributed by atoms with van der Waals surface area (Å²) in [4.78, 5) is 12.2. The molecule has 0 fully saturated rings. The van der Waals surface area contributed by atoms with Crippen molar-refractivity contribution in [2.24, 2.45) is 5.92 Å². The van der Waals surface area contributed by atoms with Gasteiger partial charge in [-0.3, -0.25) is 4.79 Å². The van der Waals surface area contributed by atoms with Gasteiger partial charge in [0, 0.05) is 30.2 Å². The first-order valence-electron chi connectivity index (χ1n) is 8.93. The van der Waals surface area contributed by atoms with Gasteiger partial charge in [0.05, 0.1) is 4.90 Å². The molecule has 1 N–H and O–H groups in total. The third kappa shape index (κ3) is 4.69. The zero-order valence-corrected chi connectivity index (χ0v) is 17.0. The summed E-state index contributed by atoms with van der Waals surface area (Å²) >= 11 is 5.86. The fourth-order valence-corrected chi connectivity index (χ4v) is 4.70. The number of carbonyl (C=O) groups excluding carboxylic acids is 1. The predicted octanol–water partition coefficient (Wildman–Crippen LogP) is 4.07. The zero-order valence-electron chi connectivity index (χ0n) is 15.4. The van der Waals surface area contributed by atoms with Crippen molar-refractivity contribution in [3.8, 4) is 0 Å². The maximum absolute atomic E-state index is 12.9. The highest BCUT2D eigenvalue weighted by Crippen LogP contribution is 2.27. The third-order valence-corrected chi connectivity index (χ3v) is 6.62. The summed E-state index contributed by atoms with van der Waals surface area (Å²) in [5.74, 6) is 0.244. The van der Waals surface area contributed by atoms with Gasteiger partial charge in [0.1, 0.15) is 0 Å². The van der Waals surface area contributed by atoms with Crippen molar-refractivity contribution in [2.45, 2.75) is 38.1 Å². The van der Waals surface area contributed by atoms with Crippen molar-refractivity contribution in [1.29, 1.82) is 0 Å². The Balaban J connectivity index is 1.79. The van der Waals surface area contributed by atoms with E-state index in [1.54, 1.807) is 12.1 Å². The van der Waals surface area contributed by atoms with Crippen LogP contribution in [-0.4, -0.2) is 25.2 Å². The van der Waals surface area contributed by atoms with Crippen molar-refractivity contribution >= 4 is 33.2 Å². The first kappa shape index (κ1) is 19.9. The van der Waals surface area contributed by atoms with E-state index in [0.717, 1.165) is 11.1 Å². The van der Waals surface area contributed by atoms with E-state index in [1.165, 1.54) is 16.4 Å². The van der Waals surface area contributed by atoms with Gasteiger partial charge in [-0.15, -0.1) is 0 Å². The molecule has 0 unspecified atom stereocenters. The minimum Gasteiger partial charge on any atom is -0.326 e. The second-order valence-electron chi connectivity index (χ2n) is 7.17. The van der Waals surface area contributed by atoms with E-state index in [1.807, 2.05) is 32.0 Å². The van der Waals surface area contributed by atoms with E-state index in [-0.39, 0.29) is 23.3 Å². The molecule has 1 aliphatic rings. The predicted molar refractivity (Wildman–Crippen MR) is 107 cm³/mol. The smallest absolute Gasteiger partial charge is 0.243 e. The number of halogens is 1. The van der Waals surface area contributed by atoms with Crippen molar-refractivity contribution < 1.29 is 13.2 Å². The van der Waals surface area contributed by atoms with E-state index >= 15 is 0 Å². The highest BCUT2D eigenvalue weighted by molar-refractivity contribution is 7.89. The Bertz CT molecular complexity index is 940. The van der Waals surface area contributed by atoms with Crippen LogP contribution in [0.5, 0.6) is 0 Å². The topological polar surface area (TPSA) is 66.5 Å². The number of hydrogen-bond acceptors (Lipinski definition) is 3. The summed E-state index contributed by atoms with van der Waals surface area (Å²) in [6.07, 6.45) is 1.09. The number of hydrogen-bond donors (Lipinski definition) is 1. The van der Waals surface area contributed by atoms with E-state index in [4.69, 9.17) is 11.6 Å². The molecule has 2 aromatic carbocycles. The lowest BCUT2D eigenvalue weighted by Crippen LogP contribution is -2.36. The number of benzene rings is 2. The van der Waals surface area contributed by atoms with Gasteiger partial charge >= 0.3 is 0 Å². The molecule has 0 aromatic heterocycles. The fraction of sp³-hybridized carbons (Fsp3) is 0.350. The molecule has 0 saturated heterocycles. The molecule has 3 rings (SSSR count). The van der Waals surface area contributed by atoms with Crippen molar-refractivity contribution in [2.75, 3.05) is 11.9 Å². The number of nitrogens with zero attached hydrogens (tertiary/aromatic N) is 1. The first-order chi connectivity index (χ1) is 12.8. The molecule has 0 saturated carbocycles. The molecule has 0 bridgehead atoms. The van der Waals surface area contributed by atoms with Gasteiger partial charge in [-0.25, -0.2) is 8.42 Å². The SMILES string of the molecule is CC(C)CC(=O)Nc1ccc2c(c1)CN(S(=O)(=O)c1ccc(Cl)cc1)CC2. The van der Waals surface area contributed by atoms with Crippen molar-refractivity contribution in [3.63, 3.8) is 0 Å². The molecule has 5 nitrogen and oxygen atoms in total. The largest absolute Gasteiger partial charge is 0.326 e. The van der Waals surface area contributed by atoms with Crippen LogP contribution in [0.25, 0.3) is 0 Å². The van der Waals surface area contributed by atoms with Crippen molar-refractivity contribution in [3.05, 3.63) is 58.6 Å². The molecule has 1 amide bonds. The average molecular weight is 407 g/mol. The molecule has 2 aromatic rings. The Morgan fingerprint density at radius 2 is 1.85 bits per heavy atom. The molecule has 7 heteroatoms. The van der Waals surface area contributed by atoms with E-state index in [9.17, 15) is 13.2 Å². The zero-order chi connectivity index (χ0) is 19.6. The van der Waals surface area contributed by atoms with Crippen LogP contribution in [0.4, 0.5) is 5.69 Å². The molecule has 0 radical (unpaired) electrons. The molecule has 0 atom stereocenters. The van der Waals surface area contributed by atoms with Crippen LogP contribution >= 0.6 is 11.6 Å². The monoisotopic (exact) mass is 406 g/mol. The quantitative estimate of drug-likeness (QED) is 0.813. The highest BCUT2D eigenvalue weighted by Gasteiger charge is 2.28. The molecule has 27 heavy (non-hydrogen) atoms. The maximum atomic E-state index is 12.9. The summed E-state index contributed by atoms with van der Waals surface area (Å²) in [6, 6.07) is 11.9. The van der Waals surface area contributed by atoms with Crippen molar-refractivity contribution in [1.82, 2.24) is 4.31 Å². The van der Waals surface area contributed by atoms with Gasteiger partial charge in [0.15, 0.2) is 0 Å². The van der Waals surface area contributed by atoms with Crippen LogP contribution in [0, 0.1) is 5.92 Å². The Morgan fingerprint density at radius 3 is 2.52 bits per heavy atom. The highest BCUT2D eigenvalue weighted by atomic mass is 35.5. The van der Waals surface area contributed by atoms with Gasteiger partial charge in [0.25, 0.3) is 0 Å². The van der Waals surface area contributed by atoms with E-state index < -0.39 is 10.0 Å². The summed E-state index contributed by atoms with van der Waals surface area (Å²) in [5, 5.41) is 3.39. The molecular weight excluding hydrogens is 384 g/mol. The van der Waals surface area contributed by atoms with Crippen LogP contribution in [0.15, 0.2) is 47.4 Å². The summed E-state index contributed by atoms with van der Waals surface area (Å²) < 4.78 is 27.3. The van der Waals surface area contributed by atoms with Gasteiger partial charge in [0.2, 0.25) is 15.9 Å². The number of rotatable bonds is 5. The minimum atomic E-state index is -3.59. The Kier molecular flexibility index (Phi) is 5.89. The molecule has 144 valence electrons. The maximum Gasteiger partial charge on any atom is 0.243 e. The second-order valence-corrected chi connectivity index (χ2v) is 9.55. The van der Waals surface area contributed by atoms with Crippen LogP contribution in [0.2, 0.25) is 5.02 Å². The second kappa shape index (κ2) is 8.00. The van der Waals surface area contributed by atoms with Crippen LogP contribution in [-0.2, 0) is 27.8 Å². The number of nitrogens with one attached hydrogen (secondary N) is 1. The average Bonchev–Trinajstić information content (AvgIpc) is 2.60. The Labute approximate surface area is 165 Å². The number of carbonyl (C=O) groups is 1. The lowest BCUT2D eigenvalue weighted by Gasteiger charge is -2.28. The molecule has 0 aliphatic carbocycles. The molecular formula is C20H23ClN2O3S. The normalized spacial score (nSPS) is 14.8. The number of amides is 1. The lowest BCUT2D eigenvalue weighted by atomic mass is 10.0. The van der Waals surface area contributed by atoms with Gasteiger partial charge < -0.3 is 5.32 Å². The first-order valence-corrected chi connectivity index (χ1v) is 10.7. The van der Waals surface area contributed by atoms with Gasteiger partial charge in [-0.1, -0.05) is 31.5 Å². The number of fused-ring (bicyclic) bond motifs is 1. The Hall–Kier alpha value is -1.89. The summed E-state index contributed by atoms with van der Waals surface area (Å²) in [7, 11) is -3.59. The lowest BCUT2D eigenvalue weighted by molar-refractivity contribution is -0.116. The molecule has 0 spiro atoms. The molecule has 1 aliphatic heterocycles. The van der Waals surface area contributed by atoms with E-state index in [2.05, 4.69) is 5.32 Å². The standard InChI is InChI=1S/C20H23ClN2O3S/c1-14(2)11-20(24)22-18-6-3-15-9-10-23(13-16(15)12-18)27(25,26)19-7-4-17(21)5-8-19/h3-8,12,14H,9-11,13H2,1-2H3,(H,22,24).